The number of hydrogen-bond acceptors (Lipinski definition) is 2. The Labute approximate surface area is 119 Å². The highest BCUT2D eigenvalue weighted by Gasteiger charge is 2.22. The van der Waals surface area contributed by atoms with E-state index in [1.54, 1.807) is 0 Å². The molecule has 0 spiro atoms. The van der Waals surface area contributed by atoms with Crippen molar-refractivity contribution in [2.45, 2.75) is 33.4 Å². The largest absolute Gasteiger partial charge is 0.326 e. The number of nitrogens with zero attached hydrogens (tertiary/aromatic N) is 1. The highest BCUT2D eigenvalue weighted by molar-refractivity contribution is 9.10. The van der Waals surface area contributed by atoms with Crippen LogP contribution < -0.4 is 5.73 Å². The number of benzene rings is 1. The fourth-order valence-corrected chi connectivity index (χ4v) is 3.56. The van der Waals surface area contributed by atoms with Crippen molar-refractivity contribution in [3.8, 4) is 0 Å². The van der Waals surface area contributed by atoms with E-state index < -0.39 is 0 Å². The molecule has 1 aromatic carbocycles. The summed E-state index contributed by atoms with van der Waals surface area (Å²) in [5, 5.41) is 0. The Balaban J connectivity index is 2.04. The summed E-state index contributed by atoms with van der Waals surface area (Å²) in [5.74, 6) is 1.63. The van der Waals surface area contributed by atoms with Crippen LogP contribution in [0.1, 0.15) is 31.4 Å². The number of piperidine rings is 1. The van der Waals surface area contributed by atoms with Crippen LogP contribution in [0, 0.1) is 11.8 Å². The summed E-state index contributed by atoms with van der Waals surface area (Å²) in [5.41, 5.74) is 8.21. The molecule has 1 aliphatic heterocycles. The van der Waals surface area contributed by atoms with Crippen molar-refractivity contribution in [1.82, 2.24) is 4.90 Å². The lowest BCUT2D eigenvalue weighted by Crippen LogP contribution is -2.38. The standard InChI is InChI=1S/C15H23BrN2/c1-11-5-12(2)9-18(8-11)10-14-4-3-13(7-17)6-15(14)16/h3-4,6,11-12H,5,7-10,17H2,1-2H3. The predicted molar refractivity (Wildman–Crippen MR) is 80.3 cm³/mol. The van der Waals surface area contributed by atoms with Gasteiger partial charge in [0.15, 0.2) is 0 Å². The number of likely N-dealkylation sites (tertiary alicyclic amines) is 1. The predicted octanol–water partition coefficient (Wildman–Crippen LogP) is 3.39. The molecule has 18 heavy (non-hydrogen) atoms. The van der Waals surface area contributed by atoms with Crippen LogP contribution in [0.15, 0.2) is 22.7 Å². The average Bonchev–Trinajstić information content (AvgIpc) is 2.30. The van der Waals surface area contributed by atoms with E-state index in [0.29, 0.717) is 6.54 Å². The molecule has 2 nitrogen and oxygen atoms in total. The van der Waals surface area contributed by atoms with Crippen LogP contribution in [0.2, 0.25) is 0 Å². The van der Waals surface area contributed by atoms with Gasteiger partial charge in [-0.3, -0.25) is 4.90 Å². The molecule has 2 unspecified atom stereocenters. The fraction of sp³-hybridized carbons (Fsp3) is 0.600. The topological polar surface area (TPSA) is 29.3 Å². The molecule has 0 bridgehead atoms. The van der Waals surface area contributed by atoms with E-state index in [9.17, 15) is 0 Å². The summed E-state index contributed by atoms with van der Waals surface area (Å²) in [7, 11) is 0. The minimum atomic E-state index is 0.608. The Morgan fingerprint density at radius 3 is 2.50 bits per heavy atom. The van der Waals surface area contributed by atoms with Crippen LogP contribution in [0.4, 0.5) is 0 Å². The van der Waals surface area contributed by atoms with Gasteiger partial charge in [-0.05, 0) is 35.4 Å². The Kier molecular flexibility index (Phi) is 4.82. The van der Waals surface area contributed by atoms with Gasteiger partial charge < -0.3 is 5.73 Å². The lowest BCUT2D eigenvalue weighted by molar-refractivity contribution is 0.134. The third-order valence-corrected chi connectivity index (χ3v) is 4.43. The molecule has 2 rings (SSSR count). The van der Waals surface area contributed by atoms with Gasteiger partial charge in [0.1, 0.15) is 0 Å². The maximum Gasteiger partial charge on any atom is 0.0245 e. The number of rotatable bonds is 3. The highest BCUT2D eigenvalue weighted by atomic mass is 79.9. The van der Waals surface area contributed by atoms with E-state index in [0.717, 1.165) is 18.4 Å². The van der Waals surface area contributed by atoms with Crippen LogP contribution in [-0.4, -0.2) is 18.0 Å². The summed E-state index contributed by atoms with van der Waals surface area (Å²) in [6.07, 6.45) is 1.36. The molecule has 1 aliphatic rings. The Morgan fingerprint density at radius 1 is 1.28 bits per heavy atom. The quantitative estimate of drug-likeness (QED) is 0.927. The molecular formula is C15H23BrN2. The molecule has 1 heterocycles. The molecule has 100 valence electrons. The van der Waals surface area contributed by atoms with Gasteiger partial charge in [-0.2, -0.15) is 0 Å². The zero-order valence-electron chi connectivity index (χ0n) is 11.3. The SMILES string of the molecule is CC1CC(C)CN(Cc2ccc(CN)cc2Br)C1. The minimum absolute atomic E-state index is 0.608. The first-order valence-electron chi connectivity index (χ1n) is 6.78. The molecule has 1 saturated heterocycles. The zero-order valence-corrected chi connectivity index (χ0v) is 12.9. The molecule has 2 atom stereocenters. The molecule has 3 heteroatoms. The van der Waals surface area contributed by atoms with Gasteiger partial charge in [-0.15, -0.1) is 0 Å². The maximum atomic E-state index is 5.66. The van der Waals surface area contributed by atoms with E-state index >= 15 is 0 Å². The van der Waals surface area contributed by atoms with Gasteiger partial charge >= 0.3 is 0 Å². The molecular weight excluding hydrogens is 288 g/mol. The Bertz CT molecular complexity index is 395. The van der Waals surface area contributed by atoms with Gasteiger partial charge in [0.2, 0.25) is 0 Å². The van der Waals surface area contributed by atoms with Gasteiger partial charge in [0.25, 0.3) is 0 Å². The van der Waals surface area contributed by atoms with E-state index in [1.807, 2.05) is 0 Å². The second-order valence-corrected chi connectivity index (χ2v) is 6.62. The van der Waals surface area contributed by atoms with Gasteiger partial charge in [-0.1, -0.05) is 41.9 Å². The van der Waals surface area contributed by atoms with Gasteiger partial charge in [0, 0.05) is 30.7 Å². The number of halogens is 1. The average molecular weight is 311 g/mol. The third kappa shape index (κ3) is 3.56. The van der Waals surface area contributed by atoms with Gasteiger partial charge in [-0.25, -0.2) is 0 Å². The second kappa shape index (κ2) is 6.18. The zero-order chi connectivity index (χ0) is 13.1. The van der Waals surface area contributed by atoms with Crippen molar-refractivity contribution in [1.29, 1.82) is 0 Å². The van der Waals surface area contributed by atoms with Crippen LogP contribution in [0.5, 0.6) is 0 Å². The van der Waals surface area contributed by atoms with Crippen LogP contribution >= 0.6 is 15.9 Å². The van der Waals surface area contributed by atoms with Crippen molar-refractivity contribution < 1.29 is 0 Å². The lowest BCUT2D eigenvalue weighted by atomic mass is 9.91. The monoisotopic (exact) mass is 310 g/mol. The first kappa shape index (κ1) is 14.0. The van der Waals surface area contributed by atoms with Crippen molar-refractivity contribution in [3.05, 3.63) is 33.8 Å². The Morgan fingerprint density at radius 2 is 1.94 bits per heavy atom. The molecule has 2 N–H and O–H groups in total. The fourth-order valence-electron chi connectivity index (χ4n) is 3.01. The Hall–Kier alpha value is -0.380. The van der Waals surface area contributed by atoms with Gasteiger partial charge in [0.05, 0.1) is 0 Å². The van der Waals surface area contributed by atoms with E-state index in [-0.39, 0.29) is 0 Å². The first-order valence-corrected chi connectivity index (χ1v) is 7.57. The number of hydrogen-bond donors (Lipinski definition) is 1. The third-order valence-electron chi connectivity index (χ3n) is 3.69. The maximum absolute atomic E-state index is 5.66. The molecule has 1 aromatic rings. The van der Waals surface area contributed by atoms with Crippen LogP contribution in [-0.2, 0) is 13.1 Å². The van der Waals surface area contributed by atoms with Crippen molar-refractivity contribution in [2.75, 3.05) is 13.1 Å². The molecule has 0 radical (unpaired) electrons. The lowest BCUT2D eigenvalue weighted by Gasteiger charge is -2.35. The smallest absolute Gasteiger partial charge is 0.0245 e. The summed E-state index contributed by atoms with van der Waals surface area (Å²) in [4.78, 5) is 2.57. The molecule has 0 amide bonds. The van der Waals surface area contributed by atoms with E-state index in [2.05, 4.69) is 52.9 Å². The minimum Gasteiger partial charge on any atom is -0.326 e. The summed E-state index contributed by atoms with van der Waals surface area (Å²) < 4.78 is 1.19. The van der Waals surface area contributed by atoms with Crippen LogP contribution in [0.3, 0.4) is 0 Å². The van der Waals surface area contributed by atoms with E-state index in [1.165, 1.54) is 35.1 Å². The molecule has 0 saturated carbocycles. The van der Waals surface area contributed by atoms with Crippen molar-refractivity contribution in [2.24, 2.45) is 17.6 Å². The van der Waals surface area contributed by atoms with Crippen molar-refractivity contribution >= 4 is 15.9 Å². The highest BCUT2D eigenvalue weighted by Crippen LogP contribution is 2.25. The van der Waals surface area contributed by atoms with E-state index in [4.69, 9.17) is 5.73 Å². The molecule has 0 aromatic heterocycles. The molecule has 0 aliphatic carbocycles. The number of nitrogens with two attached hydrogens (primary N) is 1. The summed E-state index contributed by atoms with van der Waals surface area (Å²) >= 11 is 3.66. The van der Waals surface area contributed by atoms with Crippen molar-refractivity contribution in [3.63, 3.8) is 0 Å². The normalized spacial score (nSPS) is 25.3. The second-order valence-electron chi connectivity index (χ2n) is 5.77. The summed E-state index contributed by atoms with van der Waals surface area (Å²) in [6.45, 7) is 8.80. The summed E-state index contributed by atoms with van der Waals surface area (Å²) in [6, 6.07) is 6.49. The molecule has 1 fully saturated rings. The van der Waals surface area contributed by atoms with Crippen LogP contribution in [0.25, 0.3) is 0 Å². The first-order chi connectivity index (χ1) is 8.58.